The van der Waals surface area contributed by atoms with Crippen LogP contribution in [-0.4, -0.2) is 97.4 Å². The Morgan fingerprint density at radius 2 is 1.87 bits per heavy atom. The minimum atomic E-state index is -0.419. The second-order valence-electron chi connectivity index (χ2n) is 10.8. The number of fused-ring (bicyclic) bond motifs is 1. The standard InChI is InChI=1S/C30H44N4O5/c1-21-18-34(22(2)20-35)30(37)26-17-25(32(4)5)10-11-27(26)39-23(3)9-7-8-16-38-28(21)19-33(6)29(36)24-12-14-31-15-13-24/h10-15,17,21-23,28,35H,7-9,16,18-20H2,1-6H3/t21-,22-,23-,28-/m1/s1. The van der Waals surface area contributed by atoms with E-state index in [1.54, 1.807) is 41.4 Å². The van der Waals surface area contributed by atoms with Crippen LogP contribution in [0.2, 0.25) is 0 Å². The molecule has 4 atom stereocenters. The van der Waals surface area contributed by atoms with Gasteiger partial charge in [-0.15, -0.1) is 0 Å². The third-order valence-electron chi connectivity index (χ3n) is 7.28. The number of carbonyl (C=O) groups is 2. The van der Waals surface area contributed by atoms with Gasteiger partial charge in [0.15, 0.2) is 0 Å². The van der Waals surface area contributed by atoms with Crippen LogP contribution in [-0.2, 0) is 4.74 Å². The van der Waals surface area contributed by atoms with E-state index >= 15 is 0 Å². The van der Waals surface area contributed by atoms with Gasteiger partial charge < -0.3 is 29.3 Å². The van der Waals surface area contributed by atoms with Crippen molar-refractivity contribution in [3.05, 3.63) is 53.9 Å². The van der Waals surface area contributed by atoms with E-state index in [0.29, 0.717) is 36.6 Å². The Morgan fingerprint density at radius 3 is 2.54 bits per heavy atom. The Kier molecular flexibility index (Phi) is 11.1. The second-order valence-corrected chi connectivity index (χ2v) is 10.8. The van der Waals surface area contributed by atoms with Crippen molar-refractivity contribution < 1.29 is 24.2 Å². The highest BCUT2D eigenvalue weighted by atomic mass is 16.5. The van der Waals surface area contributed by atoms with Gasteiger partial charge in [0.25, 0.3) is 11.8 Å². The summed E-state index contributed by atoms with van der Waals surface area (Å²) in [5.41, 5.74) is 1.93. The summed E-state index contributed by atoms with van der Waals surface area (Å²) in [6, 6.07) is 8.64. The van der Waals surface area contributed by atoms with E-state index in [9.17, 15) is 14.7 Å². The summed E-state index contributed by atoms with van der Waals surface area (Å²) in [4.78, 5) is 36.4. The van der Waals surface area contributed by atoms with Crippen molar-refractivity contribution in [3.63, 3.8) is 0 Å². The molecule has 214 valence electrons. The molecule has 3 rings (SSSR count). The molecular weight excluding hydrogens is 496 g/mol. The number of aliphatic hydroxyl groups is 1. The number of nitrogens with zero attached hydrogens (tertiary/aromatic N) is 4. The van der Waals surface area contributed by atoms with Gasteiger partial charge in [0.05, 0.1) is 30.4 Å². The SMILES string of the molecule is C[C@@H]1CCCCO[C@H](CN(C)C(=O)c2ccncc2)[C@H](C)CN([C@H](C)CO)C(=O)c2cc(N(C)C)ccc2O1. The van der Waals surface area contributed by atoms with E-state index < -0.39 is 6.04 Å². The molecule has 9 nitrogen and oxygen atoms in total. The highest BCUT2D eigenvalue weighted by Crippen LogP contribution is 2.29. The van der Waals surface area contributed by atoms with Gasteiger partial charge in [-0.1, -0.05) is 6.92 Å². The molecule has 1 N–H and O–H groups in total. The van der Waals surface area contributed by atoms with Crippen molar-refractivity contribution in [1.82, 2.24) is 14.8 Å². The zero-order valence-electron chi connectivity index (χ0n) is 24.2. The number of aromatic nitrogens is 1. The highest BCUT2D eigenvalue weighted by molar-refractivity contribution is 5.98. The molecular formula is C30H44N4O5. The van der Waals surface area contributed by atoms with Crippen molar-refractivity contribution in [2.75, 3.05) is 52.3 Å². The monoisotopic (exact) mass is 540 g/mol. The Labute approximate surface area is 232 Å². The minimum Gasteiger partial charge on any atom is -0.490 e. The van der Waals surface area contributed by atoms with Gasteiger partial charge >= 0.3 is 0 Å². The van der Waals surface area contributed by atoms with Crippen LogP contribution in [0.25, 0.3) is 0 Å². The van der Waals surface area contributed by atoms with Gasteiger partial charge in [-0.2, -0.15) is 0 Å². The molecule has 1 aliphatic heterocycles. The van der Waals surface area contributed by atoms with E-state index in [0.717, 1.165) is 24.9 Å². The quantitative estimate of drug-likeness (QED) is 0.597. The number of benzene rings is 1. The Balaban J connectivity index is 1.93. The number of hydrogen-bond acceptors (Lipinski definition) is 7. The highest BCUT2D eigenvalue weighted by Gasteiger charge is 2.31. The molecule has 0 radical (unpaired) electrons. The normalized spacial score (nSPS) is 21.8. The van der Waals surface area contributed by atoms with Crippen molar-refractivity contribution in [2.45, 2.75) is 58.3 Å². The number of amides is 2. The third-order valence-corrected chi connectivity index (χ3v) is 7.28. The van der Waals surface area contributed by atoms with E-state index in [4.69, 9.17) is 9.47 Å². The maximum atomic E-state index is 14.1. The average Bonchev–Trinajstić information content (AvgIpc) is 2.93. The zero-order valence-corrected chi connectivity index (χ0v) is 24.2. The van der Waals surface area contributed by atoms with E-state index in [1.807, 2.05) is 58.0 Å². The fourth-order valence-corrected chi connectivity index (χ4v) is 4.72. The number of hydrogen-bond donors (Lipinski definition) is 1. The van der Waals surface area contributed by atoms with Gasteiger partial charge in [0.2, 0.25) is 0 Å². The second kappa shape index (κ2) is 14.3. The molecule has 0 saturated carbocycles. The van der Waals surface area contributed by atoms with E-state index in [2.05, 4.69) is 4.98 Å². The molecule has 1 aliphatic rings. The summed E-state index contributed by atoms with van der Waals surface area (Å²) < 4.78 is 12.6. The maximum Gasteiger partial charge on any atom is 0.258 e. The van der Waals surface area contributed by atoms with Crippen LogP contribution in [0, 0.1) is 5.92 Å². The summed E-state index contributed by atoms with van der Waals surface area (Å²) in [6.07, 6.45) is 5.43. The van der Waals surface area contributed by atoms with Crippen LogP contribution < -0.4 is 9.64 Å². The molecule has 0 saturated heterocycles. The first-order chi connectivity index (χ1) is 18.6. The lowest BCUT2D eigenvalue weighted by atomic mass is 10.0. The van der Waals surface area contributed by atoms with Crippen molar-refractivity contribution in [3.8, 4) is 5.75 Å². The number of aliphatic hydroxyl groups excluding tert-OH is 1. The van der Waals surface area contributed by atoms with Gasteiger partial charge in [-0.25, -0.2) is 0 Å². The Hall–Kier alpha value is -3.17. The lowest BCUT2D eigenvalue weighted by Gasteiger charge is -2.36. The van der Waals surface area contributed by atoms with E-state index in [-0.39, 0.29) is 36.5 Å². The largest absolute Gasteiger partial charge is 0.490 e. The summed E-state index contributed by atoms with van der Waals surface area (Å²) in [5, 5.41) is 10.1. The van der Waals surface area contributed by atoms with Crippen LogP contribution in [0.15, 0.2) is 42.7 Å². The number of pyridine rings is 1. The number of anilines is 1. The van der Waals surface area contributed by atoms with Crippen LogP contribution in [0.4, 0.5) is 5.69 Å². The minimum absolute atomic E-state index is 0.0766. The first-order valence-corrected chi connectivity index (χ1v) is 13.8. The predicted octanol–water partition coefficient (Wildman–Crippen LogP) is 3.72. The van der Waals surface area contributed by atoms with Crippen LogP contribution in [0.1, 0.15) is 60.7 Å². The van der Waals surface area contributed by atoms with Gasteiger partial charge in [-0.05, 0) is 63.4 Å². The molecule has 39 heavy (non-hydrogen) atoms. The first kappa shape index (κ1) is 30.4. The molecule has 0 unspecified atom stereocenters. The molecule has 1 aromatic heterocycles. The van der Waals surface area contributed by atoms with Gasteiger partial charge in [0, 0.05) is 70.4 Å². The lowest BCUT2D eigenvalue weighted by Crippen LogP contribution is -2.48. The topological polar surface area (TPSA) is 95.4 Å². The average molecular weight is 541 g/mol. The lowest BCUT2D eigenvalue weighted by molar-refractivity contribution is -0.0149. The van der Waals surface area contributed by atoms with Crippen LogP contribution in [0.3, 0.4) is 0 Å². The van der Waals surface area contributed by atoms with Crippen molar-refractivity contribution in [2.24, 2.45) is 5.92 Å². The fraction of sp³-hybridized carbons (Fsp3) is 0.567. The molecule has 2 amide bonds. The van der Waals surface area contributed by atoms with Gasteiger partial charge in [-0.3, -0.25) is 14.6 Å². The van der Waals surface area contributed by atoms with Gasteiger partial charge in [0.1, 0.15) is 5.75 Å². The maximum absolute atomic E-state index is 14.1. The van der Waals surface area contributed by atoms with E-state index in [1.165, 1.54) is 0 Å². The molecule has 2 aromatic rings. The summed E-state index contributed by atoms with van der Waals surface area (Å²) in [6.45, 7) is 6.97. The fourth-order valence-electron chi connectivity index (χ4n) is 4.72. The molecule has 0 aliphatic carbocycles. The van der Waals surface area contributed by atoms with Crippen LogP contribution >= 0.6 is 0 Å². The van der Waals surface area contributed by atoms with Crippen LogP contribution in [0.5, 0.6) is 5.75 Å². The number of rotatable bonds is 6. The Bertz CT molecular complexity index is 1080. The molecule has 0 spiro atoms. The summed E-state index contributed by atoms with van der Waals surface area (Å²) >= 11 is 0. The smallest absolute Gasteiger partial charge is 0.258 e. The molecule has 9 heteroatoms. The number of likely N-dealkylation sites (N-methyl/N-ethyl adjacent to an activating group) is 1. The third kappa shape index (κ3) is 8.16. The summed E-state index contributed by atoms with van der Waals surface area (Å²) in [7, 11) is 5.63. The molecule has 0 fully saturated rings. The predicted molar refractivity (Wildman–Crippen MR) is 152 cm³/mol. The zero-order chi connectivity index (χ0) is 28.5. The first-order valence-electron chi connectivity index (χ1n) is 13.8. The Morgan fingerprint density at radius 1 is 1.15 bits per heavy atom. The molecule has 2 heterocycles. The van der Waals surface area contributed by atoms with Crippen molar-refractivity contribution in [1.29, 1.82) is 0 Å². The molecule has 0 bridgehead atoms. The van der Waals surface area contributed by atoms with Crippen molar-refractivity contribution >= 4 is 17.5 Å². The summed E-state index contributed by atoms with van der Waals surface area (Å²) in [5.74, 6) is 0.124. The number of ether oxygens (including phenoxy) is 2. The molecule has 1 aromatic carbocycles. The number of carbonyl (C=O) groups excluding carboxylic acids is 2.